The van der Waals surface area contributed by atoms with Crippen LogP contribution >= 0.6 is 11.6 Å². The summed E-state index contributed by atoms with van der Waals surface area (Å²) in [4.78, 5) is 4.34. The summed E-state index contributed by atoms with van der Waals surface area (Å²) in [5.74, 6) is 3.23. The number of halogens is 1. The second-order valence-corrected chi connectivity index (χ2v) is 5.43. The molecule has 0 aliphatic carbocycles. The fraction of sp³-hybridized carbons (Fsp3) is 0.0500. The molecule has 3 aromatic rings. The van der Waals surface area contributed by atoms with Crippen molar-refractivity contribution in [3.8, 4) is 29.4 Å². The molecule has 1 aromatic heterocycles. The van der Waals surface area contributed by atoms with E-state index in [4.69, 9.17) is 22.8 Å². The van der Waals surface area contributed by atoms with Crippen LogP contribution in [0.2, 0.25) is 5.02 Å². The van der Waals surface area contributed by atoms with Crippen LogP contribution in [0.3, 0.4) is 0 Å². The van der Waals surface area contributed by atoms with Crippen LogP contribution in [0.15, 0.2) is 66.9 Å². The molecule has 0 N–H and O–H groups in total. The maximum absolute atomic E-state index is 5.98. The van der Waals surface area contributed by atoms with Gasteiger partial charge in [0.05, 0.1) is 0 Å². The van der Waals surface area contributed by atoms with Crippen LogP contribution in [0.5, 0.6) is 5.88 Å². The molecule has 23 heavy (non-hydrogen) atoms. The molecule has 2 nitrogen and oxygen atoms in total. The molecule has 0 bridgehead atoms. The van der Waals surface area contributed by atoms with Gasteiger partial charge >= 0.3 is 0 Å². The average Bonchev–Trinajstić information content (AvgIpc) is 2.61. The Labute approximate surface area is 140 Å². The third-order valence-corrected chi connectivity index (χ3v) is 3.65. The van der Waals surface area contributed by atoms with Crippen LogP contribution in [0.25, 0.3) is 11.1 Å². The number of benzene rings is 2. The zero-order chi connectivity index (χ0) is 16.1. The van der Waals surface area contributed by atoms with Gasteiger partial charge in [-0.3, -0.25) is 0 Å². The number of hydrogen-bond acceptors (Lipinski definition) is 2. The minimum Gasteiger partial charge on any atom is -0.473 e. The Balaban J connectivity index is 1.76. The molecule has 0 amide bonds. The van der Waals surface area contributed by atoms with Gasteiger partial charge in [-0.1, -0.05) is 53.9 Å². The van der Waals surface area contributed by atoms with E-state index in [0.717, 1.165) is 22.3 Å². The highest BCUT2D eigenvalue weighted by molar-refractivity contribution is 6.30. The largest absolute Gasteiger partial charge is 0.473 e. The third kappa shape index (κ3) is 3.71. The van der Waals surface area contributed by atoms with E-state index in [2.05, 4.69) is 10.9 Å². The molecule has 3 heteroatoms. The minimum atomic E-state index is 0.490. The normalized spacial score (nSPS) is 10.1. The number of aromatic nitrogens is 1. The zero-order valence-corrected chi connectivity index (χ0v) is 13.1. The third-order valence-electron chi connectivity index (χ3n) is 3.41. The summed E-state index contributed by atoms with van der Waals surface area (Å²) in [6.45, 7) is 0.490. The summed E-state index contributed by atoms with van der Waals surface area (Å²) in [6.07, 6.45) is 7.30. The second kappa shape index (κ2) is 7.00. The summed E-state index contributed by atoms with van der Waals surface area (Å²) in [5.41, 5.74) is 3.71. The lowest BCUT2D eigenvalue weighted by atomic mass is 10.0. The van der Waals surface area contributed by atoms with E-state index in [1.807, 2.05) is 54.6 Å². The Morgan fingerprint density at radius 1 is 1.04 bits per heavy atom. The quantitative estimate of drug-likeness (QED) is 0.634. The SMILES string of the molecule is C#Cc1cc(Cl)ccc1-c1ccc(OCc2ccccc2)nc1. The van der Waals surface area contributed by atoms with E-state index in [-0.39, 0.29) is 0 Å². The lowest BCUT2D eigenvalue weighted by molar-refractivity contribution is 0.294. The van der Waals surface area contributed by atoms with Gasteiger partial charge < -0.3 is 4.74 Å². The molecule has 0 saturated heterocycles. The average molecular weight is 320 g/mol. The number of ether oxygens (including phenoxy) is 1. The fourth-order valence-electron chi connectivity index (χ4n) is 2.24. The molecular weight excluding hydrogens is 306 g/mol. The van der Waals surface area contributed by atoms with Crippen molar-refractivity contribution in [2.24, 2.45) is 0 Å². The molecule has 0 aliphatic rings. The number of hydrogen-bond donors (Lipinski definition) is 0. The van der Waals surface area contributed by atoms with E-state index < -0.39 is 0 Å². The van der Waals surface area contributed by atoms with Gasteiger partial charge in [0.1, 0.15) is 6.61 Å². The summed E-state index contributed by atoms with van der Waals surface area (Å²) in [6, 6.07) is 19.3. The first-order valence-electron chi connectivity index (χ1n) is 7.15. The van der Waals surface area contributed by atoms with Crippen molar-refractivity contribution < 1.29 is 4.74 Å². The van der Waals surface area contributed by atoms with Gasteiger partial charge in [-0.2, -0.15) is 0 Å². The van der Waals surface area contributed by atoms with Crippen LogP contribution in [0, 0.1) is 12.3 Å². The highest BCUT2D eigenvalue weighted by Gasteiger charge is 2.06. The summed E-state index contributed by atoms with van der Waals surface area (Å²) < 4.78 is 5.69. The summed E-state index contributed by atoms with van der Waals surface area (Å²) >= 11 is 5.98. The van der Waals surface area contributed by atoms with E-state index in [9.17, 15) is 0 Å². The van der Waals surface area contributed by atoms with Crippen LogP contribution in [0.1, 0.15) is 11.1 Å². The molecule has 112 valence electrons. The summed E-state index contributed by atoms with van der Waals surface area (Å²) in [7, 11) is 0. The first-order valence-corrected chi connectivity index (χ1v) is 7.53. The first-order chi connectivity index (χ1) is 11.3. The Morgan fingerprint density at radius 3 is 2.57 bits per heavy atom. The van der Waals surface area contributed by atoms with Crippen molar-refractivity contribution in [1.29, 1.82) is 0 Å². The Kier molecular flexibility index (Phi) is 4.61. The number of pyridine rings is 1. The molecule has 0 radical (unpaired) electrons. The van der Waals surface area contributed by atoms with Gasteiger partial charge in [0.2, 0.25) is 5.88 Å². The Bertz CT molecular complexity index is 836. The highest BCUT2D eigenvalue weighted by atomic mass is 35.5. The minimum absolute atomic E-state index is 0.490. The number of rotatable bonds is 4. The highest BCUT2D eigenvalue weighted by Crippen LogP contribution is 2.26. The molecule has 0 fully saturated rings. The van der Waals surface area contributed by atoms with E-state index >= 15 is 0 Å². The van der Waals surface area contributed by atoms with Crippen molar-refractivity contribution in [1.82, 2.24) is 4.98 Å². The van der Waals surface area contributed by atoms with Crippen LogP contribution in [-0.2, 0) is 6.61 Å². The van der Waals surface area contributed by atoms with Crippen molar-refractivity contribution in [2.75, 3.05) is 0 Å². The smallest absolute Gasteiger partial charge is 0.213 e. The maximum atomic E-state index is 5.98. The standard InChI is InChI=1S/C20H14ClNO/c1-2-16-12-18(21)9-10-19(16)17-8-11-20(22-13-17)23-14-15-6-4-3-5-7-15/h1,3-13H,14H2. The topological polar surface area (TPSA) is 22.1 Å². The van der Waals surface area contributed by atoms with Crippen molar-refractivity contribution >= 4 is 11.6 Å². The van der Waals surface area contributed by atoms with Crippen molar-refractivity contribution in [3.63, 3.8) is 0 Å². The van der Waals surface area contributed by atoms with E-state index in [0.29, 0.717) is 17.5 Å². The van der Waals surface area contributed by atoms with Gasteiger partial charge in [0.25, 0.3) is 0 Å². The molecule has 3 rings (SSSR count). The van der Waals surface area contributed by atoms with Crippen LogP contribution in [-0.4, -0.2) is 4.98 Å². The monoisotopic (exact) mass is 319 g/mol. The predicted octanol–water partition coefficient (Wildman–Crippen LogP) is 4.96. The van der Waals surface area contributed by atoms with Gasteiger partial charge in [-0.05, 0) is 29.3 Å². The lowest BCUT2D eigenvalue weighted by Crippen LogP contribution is -1.97. The molecule has 0 spiro atoms. The molecule has 0 aliphatic heterocycles. The molecule has 1 heterocycles. The lowest BCUT2D eigenvalue weighted by Gasteiger charge is -2.08. The molecule has 0 unspecified atom stereocenters. The molecule has 0 atom stereocenters. The zero-order valence-electron chi connectivity index (χ0n) is 12.4. The number of nitrogens with zero attached hydrogens (tertiary/aromatic N) is 1. The fourth-order valence-corrected chi connectivity index (χ4v) is 2.42. The van der Waals surface area contributed by atoms with Crippen LogP contribution in [0.4, 0.5) is 0 Å². The van der Waals surface area contributed by atoms with Gasteiger partial charge in [0, 0.05) is 28.4 Å². The summed E-state index contributed by atoms with van der Waals surface area (Å²) in [5, 5.41) is 0.623. The maximum Gasteiger partial charge on any atom is 0.213 e. The molecule has 0 saturated carbocycles. The molecule has 2 aromatic carbocycles. The van der Waals surface area contributed by atoms with Crippen LogP contribution < -0.4 is 4.74 Å². The first kappa shape index (κ1) is 15.1. The van der Waals surface area contributed by atoms with Gasteiger partial charge in [-0.25, -0.2) is 4.98 Å². The van der Waals surface area contributed by atoms with E-state index in [1.165, 1.54) is 0 Å². The number of terminal acetylenes is 1. The van der Waals surface area contributed by atoms with Gasteiger partial charge in [0.15, 0.2) is 0 Å². The van der Waals surface area contributed by atoms with Crippen molar-refractivity contribution in [3.05, 3.63) is 83.0 Å². The Hall–Kier alpha value is -2.76. The predicted molar refractivity (Wildman–Crippen MR) is 93.4 cm³/mol. The Morgan fingerprint density at radius 2 is 1.87 bits per heavy atom. The van der Waals surface area contributed by atoms with Crippen molar-refractivity contribution in [2.45, 2.75) is 6.61 Å². The van der Waals surface area contributed by atoms with E-state index in [1.54, 1.807) is 12.3 Å². The second-order valence-electron chi connectivity index (χ2n) is 4.99. The van der Waals surface area contributed by atoms with Gasteiger partial charge in [-0.15, -0.1) is 6.42 Å². The molecular formula is C20H14ClNO.